The van der Waals surface area contributed by atoms with E-state index in [-0.39, 0.29) is 5.54 Å². The van der Waals surface area contributed by atoms with Gasteiger partial charge in [0.25, 0.3) is 0 Å². The Morgan fingerprint density at radius 3 is 2.22 bits per heavy atom. The number of carbonyl (C=O) groups is 1. The minimum absolute atomic E-state index is 0.333. The van der Waals surface area contributed by atoms with Crippen LogP contribution in [0.3, 0.4) is 0 Å². The van der Waals surface area contributed by atoms with E-state index in [9.17, 15) is 4.79 Å². The largest absolute Gasteiger partial charge is 0.325 e. The first-order valence-corrected chi connectivity index (χ1v) is 2.95. The van der Waals surface area contributed by atoms with Gasteiger partial charge < -0.3 is 16.3 Å². The molecule has 0 rings (SSSR count). The van der Waals surface area contributed by atoms with Crippen LogP contribution >= 0.6 is 0 Å². The fourth-order valence-corrected chi connectivity index (χ4v) is 0.656. The molecular weight excluding hydrogens is 116 g/mol. The molecule has 54 valence electrons. The summed E-state index contributed by atoms with van der Waals surface area (Å²) in [6.45, 7) is 3.69. The Kier molecular flexibility index (Phi) is 2.81. The van der Waals surface area contributed by atoms with Crippen molar-refractivity contribution in [3.05, 3.63) is 0 Å². The highest BCUT2D eigenvalue weighted by atomic mass is 16.1. The van der Waals surface area contributed by atoms with E-state index in [1.54, 1.807) is 0 Å². The SMILES string of the molecule is CC(C)(N)CC(N)C=O. The third-order valence-electron chi connectivity index (χ3n) is 0.937. The van der Waals surface area contributed by atoms with Crippen LogP contribution in [0.4, 0.5) is 0 Å². The summed E-state index contributed by atoms with van der Waals surface area (Å²) in [6.07, 6.45) is 1.26. The number of rotatable bonds is 3. The minimum atomic E-state index is -0.412. The highest BCUT2D eigenvalue weighted by molar-refractivity contribution is 5.57. The van der Waals surface area contributed by atoms with Gasteiger partial charge in [-0.2, -0.15) is 0 Å². The highest BCUT2D eigenvalue weighted by Crippen LogP contribution is 2.03. The van der Waals surface area contributed by atoms with Crippen LogP contribution in [0.2, 0.25) is 0 Å². The maximum atomic E-state index is 10.0. The summed E-state index contributed by atoms with van der Waals surface area (Å²) >= 11 is 0. The molecule has 0 saturated heterocycles. The molecule has 1 unspecified atom stereocenters. The van der Waals surface area contributed by atoms with Crippen LogP contribution < -0.4 is 11.5 Å². The van der Waals surface area contributed by atoms with Gasteiger partial charge in [0.2, 0.25) is 0 Å². The number of hydrogen-bond acceptors (Lipinski definition) is 3. The lowest BCUT2D eigenvalue weighted by Gasteiger charge is -2.19. The standard InChI is InChI=1S/C6H14N2O/c1-6(2,8)3-5(7)4-9/h4-5H,3,7-8H2,1-2H3. The van der Waals surface area contributed by atoms with Crippen molar-refractivity contribution in [2.75, 3.05) is 0 Å². The maximum Gasteiger partial charge on any atom is 0.136 e. The molecule has 0 aromatic carbocycles. The Bertz CT molecular complexity index is 95.7. The van der Waals surface area contributed by atoms with Crippen LogP contribution in [0.1, 0.15) is 20.3 Å². The molecule has 3 nitrogen and oxygen atoms in total. The maximum absolute atomic E-state index is 10.0. The van der Waals surface area contributed by atoms with Gasteiger partial charge in [0.1, 0.15) is 6.29 Å². The number of nitrogens with two attached hydrogens (primary N) is 2. The van der Waals surface area contributed by atoms with Gasteiger partial charge in [-0.1, -0.05) is 0 Å². The molecule has 9 heavy (non-hydrogen) atoms. The Morgan fingerprint density at radius 2 is 2.11 bits per heavy atom. The lowest BCUT2D eigenvalue weighted by atomic mass is 9.98. The van der Waals surface area contributed by atoms with Crippen molar-refractivity contribution in [3.8, 4) is 0 Å². The molecule has 1 atom stereocenters. The zero-order chi connectivity index (χ0) is 7.49. The quantitative estimate of drug-likeness (QED) is 0.512. The monoisotopic (exact) mass is 130 g/mol. The summed E-state index contributed by atoms with van der Waals surface area (Å²) in [7, 11) is 0. The summed E-state index contributed by atoms with van der Waals surface area (Å²) in [6, 6.07) is -0.412. The van der Waals surface area contributed by atoms with E-state index in [2.05, 4.69) is 0 Å². The summed E-state index contributed by atoms with van der Waals surface area (Å²) in [4.78, 5) is 10.0. The molecule has 3 heteroatoms. The third-order valence-corrected chi connectivity index (χ3v) is 0.937. The minimum Gasteiger partial charge on any atom is -0.325 e. The van der Waals surface area contributed by atoms with Gasteiger partial charge in [-0.25, -0.2) is 0 Å². The van der Waals surface area contributed by atoms with Gasteiger partial charge in [-0.05, 0) is 20.3 Å². The zero-order valence-electron chi connectivity index (χ0n) is 5.92. The van der Waals surface area contributed by atoms with Gasteiger partial charge in [0, 0.05) is 5.54 Å². The van der Waals surface area contributed by atoms with E-state index in [1.165, 1.54) is 0 Å². The molecule has 0 aromatic heterocycles. The van der Waals surface area contributed by atoms with E-state index in [1.807, 2.05) is 13.8 Å². The summed E-state index contributed by atoms with van der Waals surface area (Å²) in [5.41, 5.74) is 10.6. The van der Waals surface area contributed by atoms with Crippen molar-refractivity contribution in [2.45, 2.75) is 31.8 Å². The zero-order valence-corrected chi connectivity index (χ0v) is 5.92. The molecule has 0 aromatic rings. The first-order valence-electron chi connectivity index (χ1n) is 2.95. The predicted molar refractivity (Wildman–Crippen MR) is 36.9 cm³/mol. The van der Waals surface area contributed by atoms with Crippen molar-refractivity contribution >= 4 is 6.29 Å². The second kappa shape index (κ2) is 2.94. The molecule has 0 heterocycles. The van der Waals surface area contributed by atoms with Gasteiger partial charge in [0.15, 0.2) is 0 Å². The smallest absolute Gasteiger partial charge is 0.136 e. The van der Waals surface area contributed by atoms with E-state index in [0.717, 1.165) is 0 Å². The molecule has 4 N–H and O–H groups in total. The molecule has 0 radical (unpaired) electrons. The number of aldehydes is 1. The van der Waals surface area contributed by atoms with E-state index in [0.29, 0.717) is 12.7 Å². The van der Waals surface area contributed by atoms with Crippen LogP contribution in [0, 0.1) is 0 Å². The summed E-state index contributed by atoms with van der Waals surface area (Å²) in [5, 5.41) is 0. The number of carbonyl (C=O) groups excluding carboxylic acids is 1. The van der Waals surface area contributed by atoms with Crippen molar-refractivity contribution in [2.24, 2.45) is 11.5 Å². The Hall–Kier alpha value is -0.410. The second-order valence-corrected chi connectivity index (χ2v) is 2.99. The van der Waals surface area contributed by atoms with Crippen molar-refractivity contribution in [1.29, 1.82) is 0 Å². The van der Waals surface area contributed by atoms with Crippen molar-refractivity contribution in [1.82, 2.24) is 0 Å². The average molecular weight is 130 g/mol. The van der Waals surface area contributed by atoms with Crippen LogP contribution in [0.5, 0.6) is 0 Å². The van der Waals surface area contributed by atoms with Crippen LogP contribution in [-0.4, -0.2) is 17.9 Å². The molecule has 0 bridgehead atoms. The first kappa shape index (κ1) is 8.59. The normalized spacial score (nSPS) is 15.1. The van der Waals surface area contributed by atoms with Crippen LogP contribution in [-0.2, 0) is 4.79 Å². The molecule has 0 amide bonds. The van der Waals surface area contributed by atoms with Crippen molar-refractivity contribution in [3.63, 3.8) is 0 Å². The molecule has 0 spiro atoms. The molecule has 0 aliphatic rings. The topological polar surface area (TPSA) is 69.1 Å². The predicted octanol–water partition coefficient (Wildman–Crippen LogP) is -0.360. The first-order chi connectivity index (χ1) is 3.95. The van der Waals surface area contributed by atoms with Crippen LogP contribution in [0.15, 0.2) is 0 Å². The lowest BCUT2D eigenvalue weighted by Crippen LogP contribution is -2.39. The molecule has 0 fully saturated rings. The molecule has 0 aliphatic carbocycles. The Morgan fingerprint density at radius 1 is 1.67 bits per heavy atom. The molecular formula is C6H14N2O. The summed E-state index contributed by atoms with van der Waals surface area (Å²) < 4.78 is 0. The van der Waals surface area contributed by atoms with E-state index in [4.69, 9.17) is 11.5 Å². The summed E-state index contributed by atoms with van der Waals surface area (Å²) in [5.74, 6) is 0. The molecule has 0 saturated carbocycles. The number of hydrogen-bond donors (Lipinski definition) is 2. The fraction of sp³-hybridized carbons (Fsp3) is 0.833. The van der Waals surface area contributed by atoms with E-state index < -0.39 is 6.04 Å². The second-order valence-electron chi connectivity index (χ2n) is 2.99. The average Bonchev–Trinajstić information content (AvgIpc) is 1.62. The third kappa shape index (κ3) is 5.46. The van der Waals surface area contributed by atoms with Gasteiger partial charge in [-0.15, -0.1) is 0 Å². The van der Waals surface area contributed by atoms with Crippen molar-refractivity contribution < 1.29 is 4.79 Å². The van der Waals surface area contributed by atoms with Crippen LogP contribution in [0.25, 0.3) is 0 Å². The van der Waals surface area contributed by atoms with Gasteiger partial charge in [0.05, 0.1) is 6.04 Å². The van der Waals surface area contributed by atoms with E-state index >= 15 is 0 Å². The lowest BCUT2D eigenvalue weighted by molar-refractivity contribution is -0.109. The fourth-order valence-electron chi connectivity index (χ4n) is 0.656. The van der Waals surface area contributed by atoms with Gasteiger partial charge >= 0.3 is 0 Å². The molecule has 0 aliphatic heterocycles. The Balaban J connectivity index is 3.59. The Labute approximate surface area is 55.4 Å². The van der Waals surface area contributed by atoms with Gasteiger partial charge in [-0.3, -0.25) is 0 Å². The highest BCUT2D eigenvalue weighted by Gasteiger charge is 2.14.